The van der Waals surface area contributed by atoms with Crippen LogP contribution in [0.3, 0.4) is 0 Å². The van der Waals surface area contributed by atoms with Crippen LogP contribution >= 0.6 is 0 Å². The normalized spacial score (nSPS) is 18.9. The molecule has 1 amide bonds. The van der Waals surface area contributed by atoms with Crippen LogP contribution in [0.2, 0.25) is 0 Å². The highest BCUT2D eigenvalue weighted by atomic mass is 16.2. The molecule has 5 rings (SSSR count). The summed E-state index contributed by atoms with van der Waals surface area (Å²) < 4.78 is 2.32. The van der Waals surface area contributed by atoms with E-state index < -0.39 is 0 Å². The van der Waals surface area contributed by atoms with Gasteiger partial charge in [0.05, 0.1) is 12.2 Å². The van der Waals surface area contributed by atoms with Crippen molar-refractivity contribution in [3.8, 4) is 0 Å². The van der Waals surface area contributed by atoms with Gasteiger partial charge in [-0.1, -0.05) is 30.8 Å². The molecule has 3 aromatic rings. The van der Waals surface area contributed by atoms with Gasteiger partial charge in [-0.2, -0.15) is 0 Å². The van der Waals surface area contributed by atoms with Crippen LogP contribution in [-0.2, 0) is 11.3 Å². The van der Waals surface area contributed by atoms with E-state index in [0.29, 0.717) is 18.7 Å². The fraction of sp³-hybridized carbons (Fsp3) is 0.267. The Hall–Kier alpha value is -3.90. The molecule has 0 saturated carbocycles. The van der Waals surface area contributed by atoms with Gasteiger partial charge in [0.25, 0.3) is 5.91 Å². The lowest BCUT2D eigenvalue weighted by atomic mass is 10.0. The lowest BCUT2D eigenvalue weighted by molar-refractivity contribution is -0.127. The highest BCUT2D eigenvalue weighted by molar-refractivity contribution is 5.97. The summed E-state index contributed by atoms with van der Waals surface area (Å²) in [6.45, 7) is 10.6. The van der Waals surface area contributed by atoms with E-state index in [1.807, 2.05) is 41.6 Å². The average molecular weight is 480 g/mol. The first-order chi connectivity index (χ1) is 17.4. The minimum Gasteiger partial charge on any atom is -0.337 e. The van der Waals surface area contributed by atoms with Gasteiger partial charge in [-0.15, -0.1) is 0 Å². The number of amides is 1. The van der Waals surface area contributed by atoms with Crippen LogP contribution < -0.4 is 5.73 Å². The molecule has 36 heavy (non-hydrogen) atoms. The lowest BCUT2D eigenvalue weighted by Gasteiger charge is -2.32. The van der Waals surface area contributed by atoms with Crippen molar-refractivity contribution in [3.05, 3.63) is 108 Å². The van der Waals surface area contributed by atoms with Crippen LogP contribution in [0.15, 0.2) is 96.6 Å². The van der Waals surface area contributed by atoms with Gasteiger partial charge in [0.1, 0.15) is 0 Å². The third-order valence-electron chi connectivity index (χ3n) is 7.17. The quantitative estimate of drug-likeness (QED) is 0.556. The van der Waals surface area contributed by atoms with E-state index in [2.05, 4.69) is 71.3 Å². The molecular formula is C30H33N5O. The third-order valence-corrected chi connectivity index (χ3v) is 7.17. The van der Waals surface area contributed by atoms with Crippen LogP contribution in [0.1, 0.15) is 38.1 Å². The number of allylic oxidation sites excluding steroid dienone is 3. The number of para-hydroxylation sites is 1. The number of nitrogens with zero attached hydrogens (tertiary/aromatic N) is 4. The number of aromatic nitrogens is 2. The summed E-state index contributed by atoms with van der Waals surface area (Å²) in [4.78, 5) is 21.5. The molecule has 1 atom stereocenters. The van der Waals surface area contributed by atoms with Crippen LogP contribution in [0.5, 0.6) is 0 Å². The van der Waals surface area contributed by atoms with Gasteiger partial charge in [0.2, 0.25) is 0 Å². The Labute approximate surface area is 212 Å². The Kier molecular flexibility index (Phi) is 6.61. The first kappa shape index (κ1) is 23.8. The van der Waals surface area contributed by atoms with Crippen molar-refractivity contribution < 1.29 is 4.79 Å². The number of likely N-dealkylation sites (tertiary alicyclic amines) is 1. The summed E-state index contributed by atoms with van der Waals surface area (Å²) in [5, 5.41) is 1.19. The van der Waals surface area contributed by atoms with E-state index >= 15 is 0 Å². The number of benzene rings is 1. The van der Waals surface area contributed by atoms with E-state index in [0.717, 1.165) is 47.7 Å². The number of hydrogen-bond donors (Lipinski definition) is 1. The molecule has 6 heteroatoms. The zero-order valence-electron chi connectivity index (χ0n) is 21.0. The Balaban J connectivity index is 1.44. The summed E-state index contributed by atoms with van der Waals surface area (Å²) in [5.74, 6) is 0.0241. The fourth-order valence-corrected chi connectivity index (χ4v) is 5.10. The van der Waals surface area contributed by atoms with Gasteiger partial charge >= 0.3 is 0 Å². The maximum absolute atomic E-state index is 13.1. The van der Waals surface area contributed by atoms with Crippen molar-refractivity contribution in [2.45, 2.75) is 39.3 Å². The molecule has 1 unspecified atom stereocenters. The number of hydrogen-bond acceptors (Lipinski definition) is 4. The molecule has 2 aliphatic rings. The zero-order valence-corrected chi connectivity index (χ0v) is 21.0. The number of pyridine rings is 1. The Morgan fingerprint density at radius 3 is 2.72 bits per heavy atom. The van der Waals surface area contributed by atoms with Crippen LogP contribution in [-0.4, -0.2) is 44.4 Å². The second-order valence-corrected chi connectivity index (χ2v) is 9.64. The fourth-order valence-electron chi connectivity index (χ4n) is 5.10. The molecule has 2 N–H and O–H groups in total. The molecule has 0 radical (unpaired) electrons. The first-order valence-electron chi connectivity index (χ1n) is 12.5. The molecule has 0 bridgehead atoms. The maximum atomic E-state index is 13.1. The number of piperidine rings is 1. The maximum Gasteiger partial charge on any atom is 0.254 e. The van der Waals surface area contributed by atoms with Crippen molar-refractivity contribution in [3.63, 3.8) is 0 Å². The van der Waals surface area contributed by atoms with Crippen molar-refractivity contribution in [1.29, 1.82) is 0 Å². The van der Waals surface area contributed by atoms with Gasteiger partial charge in [-0.25, -0.2) is 0 Å². The number of nitrogens with two attached hydrogens (primary N) is 1. The topological polar surface area (TPSA) is 67.4 Å². The molecule has 6 nitrogen and oxygen atoms in total. The number of rotatable bonds is 5. The molecule has 1 aromatic carbocycles. The van der Waals surface area contributed by atoms with E-state index in [-0.39, 0.29) is 11.9 Å². The molecule has 184 valence electrons. The van der Waals surface area contributed by atoms with Crippen molar-refractivity contribution in [1.82, 2.24) is 19.4 Å². The summed E-state index contributed by atoms with van der Waals surface area (Å²) in [6, 6.07) is 16.7. The molecule has 2 aliphatic heterocycles. The van der Waals surface area contributed by atoms with Gasteiger partial charge in [0.15, 0.2) is 0 Å². The summed E-state index contributed by atoms with van der Waals surface area (Å²) in [7, 11) is 0. The Bertz CT molecular complexity index is 1400. The molecule has 0 aliphatic carbocycles. The number of carbonyl (C=O) groups excluding carboxylic acids is 1. The summed E-state index contributed by atoms with van der Waals surface area (Å²) >= 11 is 0. The lowest BCUT2D eigenvalue weighted by Crippen LogP contribution is -2.46. The molecule has 4 heterocycles. The van der Waals surface area contributed by atoms with Crippen molar-refractivity contribution in [2.75, 3.05) is 13.1 Å². The monoisotopic (exact) mass is 479 g/mol. The highest BCUT2D eigenvalue weighted by Gasteiger charge is 2.25. The first-order valence-corrected chi connectivity index (χ1v) is 12.5. The Morgan fingerprint density at radius 1 is 1.17 bits per heavy atom. The average Bonchev–Trinajstić information content (AvgIpc) is 3.26. The van der Waals surface area contributed by atoms with E-state index in [4.69, 9.17) is 5.73 Å². The van der Waals surface area contributed by atoms with Gasteiger partial charge in [-0.3, -0.25) is 9.78 Å². The third kappa shape index (κ3) is 4.64. The summed E-state index contributed by atoms with van der Waals surface area (Å²) in [6.07, 6.45) is 9.47. The van der Waals surface area contributed by atoms with E-state index in [1.54, 1.807) is 0 Å². The van der Waals surface area contributed by atoms with E-state index in [9.17, 15) is 4.79 Å². The zero-order chi connectivity index (χ0) is 25.2. The van der Waals surface area contributed by atoms with Crippen LogP contribution in [0, 0.1) is 0 Å². The molecule has 2 aromatic heterocycles. The molecule has 0 spiro atoms. The predicted octanol–water partition coefficient (Wildman–Crippen LogP) is 5.05. The van der Waals surface area contributed by atoms with E-state index in [1.165, 1.54) is 10.9 Å². The molecule has 1 saturated heterocycles. The van der Waals surface area contributed by atoms with Crippen molar-refractivity contribution in [2.24, 2.45) is 5.73 Å². The largest absolute Gasteiger partial charge is 0.337 e. The minimum absolute atomic E-state index is 0.0241. The predicted molar refractivity (Wildman–Crippen MR) is 146 cm³/mol. The van der Waals surface area contributed by atoms with Gasteiger partial charge in [0, 0.05) is 65.1 Å². The highest BCUT2D eigenvalue weighted by Crippen LogP contribution is 2.31. The molecule has 1 fully saturated rings. The number of carbonyl (C=O) groups is 1. The smallest absolute Gasteiger partial charge is 0.254 e. The molecular weight excluding hydrogens is 446 g/mol. The van der Waals surface area contributed by atoms with Gasteiger partial charge in [-0.05, 0) is 68.7 Å². The van der Waals surface area contributed by atoms with Gasteiger partial charge < -0.3 is 20.1 Å². The van der Waals surface area contributed by atoms with Crippen molar-refractivity contribution >= 4 is 22.4 Å². The summed E-state index contributed by atoms with van der Waals surface area (Å²) in [5.41, 5.74) is 13.0. The second kappa shape index (κ2) is 9.99. The SMILES string of the molecule is C=C1C=C(C(=O)N2CCCC(N)C2)C=CN1/C(C)=C(\C)c1cc2ccccc2n1Cc1ccccn1. The Morgan fingerprint density at radius 2 is 1.97 bits per heavy atom. The standard InChI is InChI=1S/C30H33N5O/c1-21-17-25(30(36)33-15-8-10-26(31)19-33)13-16-34(21)23(3)22(2)29-18-24-9-4-5-12-28(24)35(29)20-27-11-6-7-14-32-27/h4-7,9,11-14,16-18,26H,1,8,10,15,19-20,31H2,2-3H3/b23-22+. The van der Waals surface area contributed by atoms with Crippen LogP contribution in [0.4, 0.5) is 0 Å². The minimum atomic E-state index is 0.0241. The second-order valence-electron chi connectivity index (χ2n) is 9.64. The number of fused-ring (bicyclic) bond motifs is 1. The van der Waals surface area contributed by atoms with Crippen LogP contribution in [0.25, 0.3) is 16.5 Å².